The van der Waals surface area contributed by atoms with E-state index in [4.69, 9.17) is 22.1 Å². The molecular weight excluding hydrogens is 393 g/mol. The minimum atomic E-state index is -0.503. The molecule has 20 heavy (non-hydrogen) atoms. The van der Waals surface area contributed by atoms with E-state index in [1.165, 1.54) is 19.4 Å². The standard InChI is InChI=1S/C13H11ClIN3O2/c1-20-13(19)9-5-8(16)6-17-12(9)18-11-3-2-7(14)4-10(11)15/h2-6H,16H2,1H3,(H,17,18). The van der Waals surface area contributed by atoms with Crippen molar-refractivity contribution in [2.45, 2.75) is 0 Å². The zero-order chi connectivity index (χ0) is 14.7. The Morgan fingerprint density at radius 2 is 2.20 bits per heavy atom. The topological polar surface area (TPSA) is 77.2 Å². The highest BCUT2D eigenvalue weighted by Gasteiger charge is 2.15. The Kier molecular flexibility index (Phi) is 4.66. The third kappa shape index (κ3) is 3.31. The third-order valence-corrected chi connectivity index (χ3v) is 3.63. The smallest absolute Gasteiger partial charge is 0.341 e. The zero-order valence-corrected chi connectivity index (χ0v) is 13.4. The number of hydrogen-bond acceptors (Lipinski definition) is 5. The van der Waals surface area contributed by atoms with E-state index in [9.17, 15) is 4.79 Å². The first-order valence-electron chi connectivity index (χ1n) is 5.57. The summed E-state index contributed by atoms with van der Waals surface area (Å²) >= 11 is 8.05. The number of benzene rings is 1. The maximum absolute atomic E-state index is 11.7. The summed E-state index contributed by atoms with van der Waals surface area (Å²) in [6.45, 7) is 0. The Bertz CT molecular complexity index is 664. The number of methoxy groups -OCH3 is 1. The fourth-order valence-corrected chi connectivity index (χ4v) is 2.57. The quantitative estimate of drug-likeness (QED) is 0.606. The van der Waals surface area contributed by atoms with Crippen LogP contribution in [0.3, 0.4) is 0 Å². The van der Waals surface area contributed by atoms with Crippen molar-refractivity contribution in [1.29, 1.82) is 0 Å². The van der Waals surface area contributed by atoms with Gasteiger partial charge in [-0.05, 0) is 46.9 Å². The largest absolute Gasteiger partial charge is 0.465 e. The minimum absolute atomic E-state index is 0.276. The summed E-state index contributed by atoms with van der Waals surface area (Å²) in [6, 6.07) is 6.88. The van der Waals surface area contributed by atoms with Crippen LogP contribution in [0.4, 0.5) is 17.2 Å². The second kappa shape index (κ2) is 6.27. The number of nitrogen functional groups attached to an aromatic ring is 1. The molecule has 1 aromatic heterocycles. The number of carbonyl (C=O) groups excluding carboxylic acids is 1. The van der Waals surface area contributed by atoms with Crippen LogP contribution in [0.1, 0.15) is 10.4 Å². The van der Waals surface area contributed by atoms with Gasteiger partial charge in [0, 0.05) is 8.59 Å². The zero-order valence-electron chi connectivity index (χ0n) is 10.5. The van der Waals surface area contributed by atoms with Crippen molar-refractivity contribution in [3.63, 3.8) is 0 Å². The summed E-state index contributed by atoms with van der Waals surface area (Å²) < 4.78 is 5.63. The molecule has 7 heteroatoms. The number of anilines is 3. The van der Waals surface area contributed by atoms with Gasteiger partial charge in [0.05, 0.1) is 24.7 Å². The van der Waals surface area contributed by atoms with Gasteiger partial charge in [0.1, 0.15) is 11.4 Å². The van der Waals surface area contributed by atoms with Crippen LogP contribution in [0.5, 0.6) is 0 Å². The summed E-state index contributed by atoms with van der Waals surface area (Å²) in [7, 11) is 1.31. The molecule has 0 saturated carbocycles. The van der Waals surface area contributed by atoms with Crippen LogP contribution >= 0.6 is 34.2 Å². The van der Waals surface area contributed by atoms with Gasteiger partial charge in [0.15, 0.2) is 0 Å². The van der Waals surface area contributed by atoms with Gasteiger partial charge in [-0.25, -0.2) is 9.78 Å². The van der Waals surface area contributed by atoms with Gasteiger partial charge < -0.3 is 15.8 Å². The maximum Gasteiger partial charge on any atom is 0.341 e. The minimum Gasteiger partial charge on any atom is -0.465 e. The monoisotopic (exact) mass is 403 g/mol. The van der Waals surface area contributed by atoms with Gasteiger partial charge in [-0.2, -0.15) is 0 Å². The number of nitrogens with one attached hydrogen (secondary N) is 1. The number of nitrogens with two attached hydrogens (primary N) is 1. The summed E-state index contributed by atoms with van der Waals surface area (Å²) in [5.74, 6) is -0.123. The van der Waals surface area contributed by atoms with Crippen molar-refractivity contribution in [3.05, 3.63) is 44.6 Å². The van der Waals surface area contributed by atoms with Gasteiger partial charge >= 0.3 is 5.97 Å². The summed E-state index contributed by atoms with van der Waals surface area (Å²) in [5, 5.41) is 3.71. The van der Waals surface area contributed by atoms with Crippen LogP contribution in [-0.4, -0.2) is 18.1 Å². The Labute approximate surface area is 134 Å². The lowest BCUT2D eigenvalue weighted by Crippen LogP contribution is -2.08. The van der Waals surface area contributed by atoms with Crippen LogP contribution in [0, 0.1) is 3.57 Å². The van der Waals surface area contributed by atoms with Gasteiger partial charge in [-0.1, -0.05) is 11.6 Å². The molecule has 1 heterocycles. The second-order valence-corrected chi connectivity index (χ2v) is 5.50. The highest BCUT2D eigenvalue weighted by atomic mass is 127. The SMILES string of the molecule is COC(=O)c1cc(N)cnc1Nc1ccc(Cl)cc1I. The van der Waals surface area contributed by atoms with Crippen molar-refractivity contribution < 1.29 is 9.53 Å². The number of aromatic nitrogens is 1. The third-order valence-electron chi connectivity index (χ3n) is 2.50. The number of nitrogens with zero attached hydrogens (tertiary/aromatic N) is 1. The van der Waals surface area contributed by atoms with Crippen molar-refractivity contribution in [1.82, 2.24) is 4.98 Å². The molecule has 3 N–H and O–H groups in total. The van der Waals surface area contributed by atoms with Crippen molar-refractivity contribution >= 4 is 57.4 Å². The number of pyridine rings is 1. The molecule has 2 aromatic rings. The van der Waals surface area contributed by atoms with E-state index < -0.39 is 5.97 Å². The average Bonchev–Trinajstić information content (AvgIpc) is 2.42. The summed E-state index contributed by atoms with van der Waals surface area (Å²) in [5.41, 5.74) is 7.10. The molecule has 0 saturated heterocycles. The van der Waals surface area contributed by atoms with Crippen LogP contribution < -0.4 is 11.1 Å². The van der Waals surface area contributed by atoms with Gasteiger partial charge in [0.2, 0.25) is 0 Å². The number of carbonyl (C=O) groups is 1. The van der Waals surface area contributed by atoms with Crippen LogP contribution in [0.15, 0.2) is 30.5 Å². The molecule has 0 spiro atoms. The number of halogens is 2. The summed E-state index contributed by atoms with van der Waals surface area (Å²) in [4.78, 5) is 15.9. The fourth-order valence-electron chi connectivity index (χ4n) is 1.56. The number of esters is 1. The van der Waals surface area contributed by atoms with Gasteiger partial charge in [0.25, 0.3) is 0 Å². The average molecular weight is 404 g/mol. The van der Waals surface area contributed by atoms with E-state index in [-0.39, 0.29) is 5.56 Å². The molecule has 0 aliphatic rings. The Morgan fingerprint density at radius 3 is 2.85 bits per heavy atom. The molecule has 2 rings (SSSR count). The lowest BCUT2D eigenvalue weighted by molar-refractivity contribution is 0.0601. The molecule has 5 nitrogen and oxygen atoms in total. The van der Waals surface area contributed by atoms with Crippen molar-refractivity contribution in [3.8, 4) is 0 Å². The number of hydrogen-bond donors (Lipinski definition) is 2. The molecule has 0 aliphatic heterocycles. The Hall–Kier alpha value is -1.54. The predicted molar refractivity (Wildman–Crippen MR) is 87.4 cm³/mol. The molecule has 0 radical (unpaired) electrons. The number of ether oxygens (including phenoxy) is 1. The normalized spacial score (nSPS) is 10.2. The Morgan fingerprint density at radius 1 is 1.45 bits per heavy atom. The lowest BCUT2D eigenvalue weighted by Gasteiger charge is -2.12. The highest BCUT2D eigenvalue weighted by Crippen LogP contribution is 2.27. The second-order valence-electron chi connectivity index (χ2n) is 3.91. The van der Waals surface area contributed by atoms with Gasteiger partial charge in [-0.15, -0.1) is 0 Å². The highest BCUT2D eigenvalue weighted by molar-refractivity contribution is 14.1. The van der Waals surface area contributed by atoms with Gasteiger partial charge in [-0.3, -0.25) is 0 Å². The first-order valence-corrected chi connectivity index (χ1v) is 7.03. The predicted octanol–water partition coefficient (Wildman–Crippen LogP) is 3.45. The van der Waals surface area contributed by atoms with E-state index >= 15 is 0 Å². The molecule has 0 bridgehead atoms. The van der Waals surface area contributed by atoms with E-state index in [0.717, 1.165) is 9.26 Å². The fraction of sp³-hybridized carbons (Fsp3) is 0.0769. The van der Waals surface area contributed by atoms with E-state index in [1.807, 2.05) is 6.07 Å². The molecule has 0 atom stereocenters. The van der Waals surface area contributed by atoms with E-state index in [1.54, 1.807) is 12.1 Å². The van der Waals surface area contributed by atoms with Crippen molar-refractivity contribution in [2.75, 3.05) is 18.2 Å². The van der Waals surface area contributed by atoms with Crippen LogP contribution in [0.2, 0.25) is 5.02 Å². The molecular formula is C13H11ClIN3O2. The molecule has 0 amide bonds. The molecule has 1 aromatic carbocycles. The first-order chi connectivity index (χ1) is 9.51. The van der Waals surface area contributed by atoms with Crippen molar-refractivity contribution in [2.24, 2.45) is 0 Å². The molecule has 104 valence electrons. The molecule has 0 unspecified atom stereocenters. The maximum atomic E-state index is 11.7. The summed E-state index contributed by atoms with van der Waals surface area (Å²) in [6.07, 6.45) is 1.47. The van der Waals surface area contributed by atoms with Crippen LogP contribution in [-0.2, 0) is 4.74 Å². The Balaban J connectivity index is 2.40. The van der Waals surface area contributed by atoms with E-state index in [2.05, 4.69) is 32.9 Å². The van der Waals surface area contributed by atoms with Crippen LogP contribution in [0.25, 0.3) is 0 Å². The first kappa shape index (κ1) is 14.9. The number of rotatable bonds is 3. The molecule has 0 aliphatic carbocycles. The lowest BCUT2D eigenvalue weighted by atomic mass is 10.2. The van der Waals surface area contributed by atoms with E-state index in [0.29, 0.717) is 16.5 Å². The molecule has 0 fully saturated rings.